The Morgan fingerprint density at radius 1 is 0.519 bits per heavy atom. The van der Waals surface area contributed by atoms with E-state index in [1.165, 1.54) is 58.4 Å². The van der Waals surface area contributed by atoms with Crippen molar-refractivity contribution in [3.63, 3.8) is 0 Å². The van der Waals surface area contributed by atoms with Gasteiger partial charge in [-0.1, -0.05) is 112 Å². The van der Waals surface area contributed by atoms with Crippen LogP contribution in [0.1, 0.15) is 50.7 Å². The summed E-state index contributed by atoms with van der Waals surface area (Å²) in [5.41, 5.74) is 3.02. The Hall–Kier alpha value is -2.60. The first-order chi connectivity index (χ1) is 13.3. The minimum atomic E-state index is 0.0469. The van der Waals surface area contributed by atoms with Crippen molar-refractivity contribution in [2.75, 3.05) is 0 Å². The molecule has 0 amide bonds. The maximum Gasteiger partial charge on any atom is 0.0215 e. The zero-order valence-electron chi connectivity index (χ0n) is 16.4. The standard InChI is InChI=1S/C27H28/c1-3-19-27(20-4-2,25-17-9-13-21-11-5-7-15-23(21)25)26-18-10-14-22-12-6-8-16-24(22)26/h5-18H,3-4,19-20H2,1-2H3. The van der Waals surface area contributed by atoms with Crippen LogP contribution in [0.2, 0.25) is 0 Å². The van der Waals surface area contributed by atoms with Crippen LogP contribution in [0, 0.1) is 0 Å². The second kappa shape index (κ2) is 7.56. The molecular weight excluding hydrogens is 324 g/mol. The number of hydrogen-bond donors (Lipinski definition) is 0. The van der Waals surface area contributed by atoms with E-state index in [0.717, 1.165) is 0 Å². The maximum atomic E-state index is 2.37. The number of hydrogen-bond acceptors (Lipinski definition) is 0. The van der Waals surface area contributed by atoms with Crippen molar-refractivity contribution in [1.29, 1.82) is 0 Å². The molecule has 0 nitrogen and oxygen atoms in total. The Morgan fingerprint density at radius 3 is 1.37 bits per heavy atom. The fraction of sp³-hybridized carbons (Fsp3) is 0.259. The van der Waals surface area contributed by atoms with Crippen LogP contribution in [0.5, 0.6) is 0 Å². The van der Waals surface area contributed by atoms with Crippen LogP contribution in [-0.2, 0) is 5.41 Å². The Morgan fingerprint density at radius 2 is 0.926 bits per heavy atom. The third kappa shape index (κ3) is 3.04. The zero-order chi connectivity index (χ0) is 18.7. The van der Waals surface area contributed by atoms with E-state index >= 15 is 0 Å². The number of benzene rings is 4. The van der Waals surface area contributed by atoms with E-state index in [0.29, 0.717) is 0 Å². The van der Waals surface area contributed by atoms with Crippen molar-refractivity contribution < 1.29 is 0 Å². The predicted molar refractivity (Wildman–Crippen MR) is 118 cm³/mol. The van der Waals surface area contributed by atoms with Crippen molar-refractivity contribution in [1.82, 2.24) is 0 Å². The van der Waals surface area contributed by atoms with Crippen LogP contribution in [0.25, 0.3) is 21.5 Å². The first-order valence-corrected chi connectivity index (χ1v) is 10.3. The lowest BCUT2D eigenvalue weighted by molar-refractivity contribution is 0.432. The molecule has 4 aromatic rings. The quantitative estimate of drug-likeness (QED) is 0.331. The normalized spacial score (nSPS) is 11.9. The SMILES string of the molecule is CCCC(CCC)(c1cccc2ccccc12)c1cccc2ccccc12. The Bertz CT molecular complexity index is 960. The van der Waals surface area contributed by atoms with E-state index in [-0.39, 0.29) is 5.41 Å². The van der Waals surface area contributed by atoms with E-state index in [1.54, 1.807) is 0 Å². The third-order valence-electron chi connectivity index (χ3n) is 5.96. The summed E-state index contributed by atoms with van der Waals surface area (Å²) >= 11 is 0. The molecule has 27 heavy (non-hydrogen) atoms. The molecule has 0 atom stereocenters. The minimum Gasteiger partial charge on any atom is -0.0653 e. The summed E-state index contributed by atoms with van der Waals surface area (Å²) in [6.45, 7) is 4.64. The lowest BCUT2D eigenvalue weighted by atomic mass is 9.66. The van der Waals surface area contributed by atoms with Crippen molar-refractivity contribution in [2.45, 2.75) is 44.9 Å². The summed E-state index contributed by atoms with van der Waals surface area (Å²) in [5, 5.41) is 5.48. The first-order valence-electron chi connectivity index (χ1n) is 10.3. The van der Waals surface area contributed by atoms with Crippen LogP contribution in [-0.4, -0.2) is 0 Å². The molecule has 0 fully saturated rings. The van der Waals surface area contributed by atoms with Gasteiger partial charge in [-0.25, -0.2) is 0 Å². The summed E-state index contributed by atoms with van der Waals surface area (Å²) < 4.78 is 0. The molecule has 0 spiro atoms. The maximum absolute atomic E-state index is 2.37. The Labute approximate surface area is 162 Å². The summed E-state index contributed by atoms with van der Waals surface area (Å²) in [7, 11) is 0. The minimum absolute atomic E-state index is 0.0469. The molecule has 136 valence electrons. The van der Waals surface area contributed by atoms with E-state index in [2.05, 4.69) is 98.8 Å². The van der Waals surface area contributed by atoms with Gasteiger partial charge in [-0.3, -0.25) is 0 Å². The van der Waals surface area contributed by atoms with E-state index < -0.39 is 0 Å². The van der Waals surface area contributed by atoms with Crippen molar-refractivity contribution in [3.05, 3.63) is 96.1 Å². The van der Waals surface area contributed by atoms with Gasteiger partial charge in [0.25, 0.3) is 0 Å². The molecule has 0 radical (unpaired) electrons. The average Bonchev–Trinajstić information content (AvgIpc) is 2.73. The molecule has 0 saturated carbocycles. The Kier molecular flexibility index (Phi) is 4.99. The largest absolute Gasteiger partial charge is 0.0653 e. The molecule has 0 unspecified atom stereocenters. The smallest absolute Gasteiger partial charge is 0.0215 e. The van der Waals surface area contributed by atoms with Gasteiger partial charge in [0.05, 0.1) is 0 Å². The van der Waals surface area contributed by atoms with Gasteiger partial charge >= 0.3 is 0 Å². The molecule has 0 aliphatic carbocycles. The average molecular weight is 353 g/mol. The van der Waals surface area contributed by atoms with Gasteiger partial charge in [0.1, 0.15) is 0 Å². The van der Waals surface area contributed by atoms with Gasteiger partial charge in [0.2, 0.25) is 0 Å². The summed E-state index contributed by atoms with van der Waals surface area (Å²) in [5.74, 6) is 0. The van der Waals surface area contributed by atoms with E-state index in [1.807, 2.05) is 0 Å². The van der Waals surface area contributed by atoms with Crippen LogP contribution in [0.4, 0.5) is 0 Å². The highest BCUT2D eigenvalue weighted by Crippen LogP contribution is 2.46. The molecule has 0 N–H and O–H groups in total. The predicted octanol–water partition coefficient (Wildman–Crippen LogP) is 7.88. The second-order valence-electron chi connectivity index (χ2n) is 7.64. The summed E-state index contributed by atoms with van der Waals surface area (Å²) in [6, 6.07) is 31.4. The third-order valence-corrected chi connectivity index (χ3v) is 5.96. The highest BCUT2D eigenvalue weighted by Gasteiger charge is 2.35. The van der Waals surface area contributed by atoms with Gasteiger partial charge in [-0.2, -0.15) is 0 Å². The molecule has 0 bridgehead atoms. The van der Waals surface area contributed by atoms with E-state index in [4.69, 9.17) is 0 Å². The molecule has 0 heteroatoms. The molecule has 0 aliphatic heterocycles. The van der Waals surface area contributed by atoms with Gasteiger partial charge < -0.3 is 0 Å². The topological polar surface area (TPSA) is 0 Å². The van der Waals surface area contributed by atoms with Crippen LogP contribution >= 0.6 is 0 Å². The highest BCUT2D eigenvalue weighted by atomic mass is 14.4. The molecule has 4 rings (SSSR count). The monoisotopic (exact) mass is 352 g/mol. The molecule has 0 heterocycles. The summed E-state index contributed by atoms with van der Waals surface area (Å²) in [4.78, 5) is 0. The lowest BCUT2D eigenvalue weighted by Crippen LogP contribution is -2.28. The number of rotatable bonds is 6. The van der Waals surface area contributed by atoms with E-state index in [9.17, 15) is 0 Å². The lowest BCUT2D eigenvalue weighted by Gasteiger charge is -2.37. The van der Waals surface area contributed by atoms with Gasteiger partial charge in [0.15, 0.2) is 0 Å². The number of fused-ring (bicyclic) bond motifs is 2. The van der Waals surface area contributed by atoms with Crippen LogP contribution in [0.15, 0.2) is 84.9 Å². The first kappa shape index (κ1) is 17.8. The fourth-order valence-corrected chi connectivity index (χ4v) is 4.95. The van der Waals surface area contributed by atoms with Crippen molar-refractivity contribution in [3.8, 4) is 0 Å². The zero-order valence-corrected chi connectivity index (χ0v) is 16.4. The second-order valence-corrected chi connectivity index (χ2v) is 7.64. The van der Waals surface area contributed by atoms with Crippen molar-refractivity contribution in [2.24, 2.45) is 0 Å². The molecule has 0 aliphatic rings. The fourth-order valence-electron chi connectivity index (χ4n) is 4.95. The Balaban J connectivity index is 2.09. The van der Waals surface area contributed by atoms with Gasteiger partial charge in [-0.05, 0) is 45.5 Å². The molecule has 0 saturated heterocycles. The molecular formula is C27H28. The van der Waals surface area contributed by atoms with Gasteiger partial charge in [-0.15, -0.1) is 0 Å². The van der Waals surface area contributed by atoms with Crippen molar-refractivity contribution >= 4 is 21.5 Å². The summed E-state index contributed by atoms with van der Waals surface area (Å²) in [6.07, 6.45) is 4.69. The molecule has 0 aromatic heterocycles. The molecule has 4 aromatic carbocycles. The van der Waals surface area contributed by atoms with Crippen LogP contribution in [0.3, 0.4) is 0 Å². The highest BCUT2D eigenvalue weighted by molar-refractivity contribution is 5.91. The van der Waals surface area contributed by atoms with Gasteiger partial charge in [0, 0.05) is 5.41 Å². The van der Waals surface area contributed by atoms with Crippen LogP contribution < -0.4 is 0 Å².